The molecule has 1 aromatic carbocycles. The van der Waals surface area contributed by atoms with Crippen molar-refractivity contribution in [2.45, 2.75) is 32.6 Å². The molecule has 1 fully saturated rings. The van der Waals surface area contributed by atoms with Gasteiger partial charge in [-0.2, -0.15) is 0 Å². The summed E-state index contributed by atoms with van der Waals surface area (Å²) in [4.78, 5) is 2.46. The van der Waals surface area contributed by atoms with E-state index < -0.39 is 0 Å². The molecule has 1 atom stereocenters. The lowest BCUT2D eigenvalue weighted by molar-refractivity contribution is 0.244. The Morgan fingerprint density at radius 2 is 2.06 bits per heavy atom. The fourth-order valence-corrected chi connectivity index (χ4v) is 2.66. The molecule has 0 saturated carbocycles. The fraction of sp³-hybridized carbons (Fsp3) is 0.600. The highest BCUT2D eigenvalue weighted by Gasteiger charge is 2.19. The number of aliphatic hydroxyl groups excluding tert-OH is 1. The number of piperidine rings is 1. The molecule has 0 aliphatic carbocycles. The molecule has 1 N–H and O–H groups in total. The second-order valence-electron chi connectivity index (χ2n) is 4.99. The minimum absolute atomic E-state index is 0.327. The van der Waals surface area contributed by atoms with Crippen molar-refractivity contribution >= 4 is 5.69 Å². The lowest BCUT2D eigenvalue weighted by atomic mass is 9.94. The number of rotatable bonds is 4. The zero-order valence-electron chi connectivity index (χ0n) is 10.7. The van der Waals surface area contributed by atoms with Crippen molar-refractivity contribution in [1.29, 1.82) is 0 Å². The predicted molar refractivity (Wildman–Crippen MR) is 72.5 cm³/mol. The molecular formula is C15H23NO. The molecule has 1 aliphatic heterocycles. The van der Waals surface area contributed by atoms with Gasteiger partial charge in [0.2, 0.25) is 0 Å². The maximum absolute atomic E-state index is 9.03. The van der Waals surface area contributed by atoms with Gasteiger partial charge < -0.3 is 10.0 Å². The van der Waals surface area contributed by atoms with Gasteiger partial charge in [-0.1, -0.05) is 19.1 Å². The molecule has 0 bridgehead atoms. The zero-order valence-corrected chi connectivity index (χ0v) is 10.7. The van der Waals surface area contributed by atoms with Crippen LogP contribution in [0.5, 0.6) is 0 Å². The van der Waals surface area contributed by atoms with Crippen LogP contribution in [-0.4, -0.2) is 24.8 Å². The van der Waals surface area contributed by atoms with Crippen molar-refractivity contribution in [3.8, 4) is 0 Å². The van der Waals surface area contributed by atoms with Crippen molar-refractivity contribution in [3.05, 3.63) is 29.8 Å². The van der Waals surface area contributed by atoms with Gasteiger partial charge in [0.25, 0.3) is 0 Å². The highest BCUT2D eigenvalue weighted by atomic mass is 16.3. The van der Waals surface area contributed by atoms with Gasteiger partial charge in [0.05, 0.1) is 0 Å². The standard InChI is InChI=1S/C15H23NO/c1-2-13-5-7-15(8-6-13)16-10-3-4-14(12-16)9-11-17/h5-8,14,17H,2-4,9-12H2,1H3. The van der Waals surface area contributed by atoms with Crippen LogP contribution in [0.25, 0.3) is 0 Å². The smallest absolute Gasteiger partial charge is 0.0434 e. The fourth-order valence-electron chi connectivity index (χ4n) is 2.66. The summed E-state index contributed by atoms with van der Waals surface area (Å²) in [5, 5.41) is 9.03. The lowest BCUT2D eigenvalue weighted by Gasteiger charge is -2.34. The topological polar surface area (TPSA) is 23.5 Å². The Bertz CT molecular complexity index is 331. The van der Waals surface area contributed by atoms with E-state index >= 15 is 0 Å². The van der Waals surface area contributed by atoms with Crippen molar-refractivity contribution < 1.29 is 5.11 Å². The number of anilines is 1. The molecule has 2 heteroatoms. The van der Waals surface area contributed by atoms with E-state index in [-0.39, 0.29) is 0 Å². The predicted octanol–water partition coefficient (Wildman–Crippen LogP) is 2.85. The Balaban J connectivity index is 2.00. The van der Waals surface area contributed by atoms with Crippen molar-refractivity contribution in [2.75, 3.05) is 24.6 Å². The molecular weight excluding hydrogens is 210 g/mol. The maximum Gasteiger partial charge on any atom is 0.0434 e. The Kier molecular flexibility index (Phi) is 4.43. The number of hydrogen-bond donors (Lipinski definition) is 1. The third kappa shape index (κ3) is 3.22. The summed E-state index contributed by atoms with van der Waals surface area (Å²) in [6.07, 6.45) is 4.57. The summed E-state index contributed by atoms with van der Waals surface area (Å²) in [5.74, 6) is 0.666. The summed E-state index contributed by atoms with van der Waals surface area (Å²) in [6, 6.07) is 8.93. The first kappa shape index (κ1) is 12.4. The lowest BCUT2D eigenvalue weighted by Crippen LogP contribution is -2.35. The van der Waals surface area contributed by atoms with Gasteiger partial charge in [0, 0.05) is 25.4 Å². The molecule has 2 rings (SSSR count). The SMILES string of the molecule is CCc1ccc(N2CCCC(CCO)C2)cc1. The summed E-state index contributed by atoms with van der Waals surface area (Å²) in [5.41, 5.74) is 2.74. The molecule has 0 amide bonds. The van der Waals surface area contributed by atoms with Gasteiger partial charge in [-0.25, -0.2) is 0 Å². The highest BCUT2D eigenvalue weighted by molar-refractivity contribution is 5.48. The third-order valence-electron chi connectivity index (χ3n) is 3.77. The Labute approximate surface area is 104 Å². The molecule has 0 spiro atoms. The number of aryl methyl sites for hydroxylation is 1. The molecule has 1 aliphatic rings. The quantitative estimate of drug-likeness (QED) is 0.864. The Hall–Kier alpha value is -1.02. The van der Waals surface area contributed by atoms with Crippen LogP contribution in [0.1, 0.15) is 31.7 Å². The first-order chi connectivity index (χ1) is 8.33. The van der Waals surface area contributed by atoms with Gasteiger partial charge in [-0.05, 0) is 49.3 Å². The van der Waals surface area contributed by atoms with E-state index in [2.05, 4.69) is 36.1 Å². The van der Waals surface area contributed by atoms with Crippen LogP contribution in [0, 0.1) is 5.92 Å². The van der Waals surface area contributed by atoms with Crippen LogP contribution < -0.4 is 4.90 Å². The zero-order chi connectivity index (χ0) is 12.1. The average molecular weight is 233 g/mol. The Morgan fingerprint density at radius 1 is 1.29 bits per heavy atom. The summed E-state index contributed by atoms with van der Waals surface area (Å²) in [6.45, 7) is 4.78. The van der Waals surface area contributed by atoms with Crippen LogP contribution >= 0.6 is 0 Å². The highest BCUT2D eigenvalue weighted by Crippen LogP contribution is 2.25. The van der Waals surface area contributed by atoms with Crippen LogP contribution in [0.2, 0.25) is 0 Å². The molecule has 17 heavy (non-hydrogen) atoms. The second kappa shape index (κ2) is 6.06. The molecule has 1 unspecified atom stereocenters. The molecule has 1 heterocycles. The number of benzene rings is 1. The van der Waals surface area contributed by atoms with Crippen LogP contribution in [-0.2, 0) is 6.42 Å². The van der Waals surface area contributed by atoms with Gasteiger partial charge in [-0.3, -0.25) is 0 Å². The first-order valence-electron chi connectivity index (χ1n) is 6.78. The van der Waals surface area contributed by atoms with E-state index in [1.807, 2.05) is 0 Å². The summed E-state index contributed by atoms with van der Waals surface area (Å²) in [7, 11) is 0. The van der Waals surface area contributed by atoms with Gasteiger partial charge in [0.1, 0.15) is 0 Å². The average Bonchev–Trinajstić information content (AvgIpc) is 2.40. The van der Waals surface area contributed by atoms with E-state index in [0.29, 0.717) is 12.5 Å². The number of nitrogens with zero attached hydrogens (tertiary/aromatic N) is 1. The molecule has 1 saturated heterocycles. The monoisotopic (exact) mass is 233 g/mol. The van der Waals surface area contributed by atoms with Crippen LogP contribution in [0.4, 0.5) is 5.69 Å². The van der Waals surface area contributed by atoms with Crippen molar-refractivity contribution in [2.24, 2.45) is 5.92 Å². The normalized spacial score (nSPS) is 20.6. The summed E-state index contributed by atoms with van der Waals surface area (Å²) >= 11 is 0. The van der Waals surface area contributed by atoms with Crippen LogP contribution in [0.15, 0.2) is 24.3 Å². The molecule has 1 aromatic rings. The van der Waals surface area contributed by atoms with Crippen molar-refractivity contribution in [1.82, 2.24) is 0 Å². The van der Waals surface area contributed by atoms with E-state index in [1.165, 1.54) is 24.1 Å². The van der Waals surface area contributed by atoms with Crippen LogP contribution in [0.3, 0.4) is 0 Å². The summed E-state index contributed by atoms with van der Waals surface area (Å²) < 4.78 is 0. The molecule has 0 aromatic heterocycles. The minimum Gasteiger partial charge on any atom is -0.396 e. The third-order valence-corrected chi connectivity index (χ3v) is 3.77. The Morgan fingerprint density at radius 3 is 2.71 bits per heavy atom. The van der Waals surface area contributed by atoms with E-state index in [9.17, 15) is 0 Å². The van der Waals surface area contributed by atoms with Crippen molar-refractivity contribution in [3.63, 3.8) is 0 Å². The van der Waals surface area contributed by atoms with Gasteiger partial charge >= 0.3 is 0 Å². The minimum atomic E-state index is 0.327. The maximum atomic E-state index is 9.03. The van der Waals surface area contributed by atoms with E-state index in [4.69, 9.17) is 5.11 Å². The molecule has 0 radical (unpaired) electrons. The number of hydrogen-bond acceptors (Lipinski definition) is 2. The largest absolute Gasteiger partial charge is 0.396 e. The van der Waals surface area contributed by atoms with Gasteiger partial charge in [0.15, 0.2) is 0 Å². The molecule has 2 nitrogen and oxygen atoms in total. The first-order valence-corrected chi connectivity index (χ1v) is 6.78. The van der Waals surface area contributed by atoms with E-state index in [0.717, 1.165) is 25.9 Å². The van der Waals surface area contributed by atoms with E-state index in [1.54, 1.807) is 0 Å². The van der Waals surface area contributed by atoms with Gasteiger partial charge in [-0.15, -0.1) is 0 Å². The second-order valence-corrected chi connectivity index (χ2v) is 4.99. The number of aliphatic hydroxyl groups is 1. The molecule has 94 valence electrons.